The predicted molar refractivity (Wildman–Crippen MR) is 79.0 cm³/mol. The largest absolute Gasteiger partial charge is 0.507 e. The van der Waals surface area contributed by atoms with E-state index in [0.29, 0.717) is 10.8 Å². The minimum atomic E-state index is -0.361. The number of Topliss-reactive ketones (excluding diaryl/α,β-unsaturated/α-hetero) is 1. The molecule has 0 fully saturated rings. The molecule has 2 aromatic rings. The van der Waals surface area contributed by atoms with Crippen LogP contribution in [0.15, 0.2) is 42.2 Å². The van der Waals surface area contributed by atoms with Crippen molar-refractivity contribution < 1.29 is 19.4 Å². The highest BCUT2D eigenvalue weighted by Crippen LogP contribution is 2.40. The second kappa shape index (κ2) is 5.14. The number of ketones is 1. The molecule has 1 aliphatic rings. The lowest BCUT2D eigenvalue weighted by atomic mass is 10.1. The van der Waals surface area contributed by atoms with Crippen LogP contribution in [0.2, 0.25) is 5.02 Å². The Labute approximate surface area is 126 Å². The summed E-state index contributed by atoms with van der Waals surface area (Å²) in [5, 5.41) is 10.5. The van der Waals surface area contributed by atoms with Gasteiger partial charge in [0.15, 0.2) is 5.76 Å². The smallest absolute Gasteiger partial charge is 0.235 e. The van der Waals surface area contributed by atoms with Crippen LogP contribution in [0.1, 0.15) is 15.9 Å². The SMILES string of the molecule is COc1cc(O)c2c(c1)O/C(=C\c1ccc(Cl)cc1)C2=O. The lowest BCUT2D eigenvalue weighted by molar-refractivity contribution is 0.101. The van der Waals surface area contributed by atoms with Crippen molar-refractivity contribution in [2.75, 3.05) is 7.11 Å². The van der Waals surface area contributed by atoms with Gasteiger partial charge in [-0.15, -0.1) is 0 Å². The number of carbonyl (C=O) groups excluding carboxylic acids is 1. The Bertz CT molecular complexity index is 748. The first-order valence-electron chi connectivity index (χ1n) is 6.19. The highest BCUT2D eigenvalue weighted by Gasteiger charge is 2.31. The molecule has 106 valence electrons. The Morgan fingerprint density at radius 1 is 1.24 bits per heavy atom. The summed E-state index contributed by atoms with van der Waals surface area (Å²) in [6.45, 7) is 0. The molecule has 0 saturated carbocycles. The number of rotatable bonds is 2. The number of benzene rings is 2. The molecule has 0 radical (unpaired) electrons. The van der Waals surface area contributed by atoms with E-state index in [1.807, 2.05) is 0 Å². The number of hydrogen-bond donors (Lipinski definition) is 1. The zero-order valence-corrected chi connectivity index (χ0v) is 11.8. The van der Waals surface area contributed by atoms with Crippen LogP contribution in [0, 0.1) is 0 Å². The van der Waals surface area contributed by atoms with Gasteiger partial charge in [-0.05, 0) is 23.8 Å². The molecule has 5 heteroatoms. The fraction of sp³-hybridized carbons (Fsp3) is 0.0625. The molecule has 0 bridgehead atoms. The van der Waals surface area contributed by atoms with Crippen molar-refractivity contribution in [2.45, 2.75) is 0 Å². The van der Waals surface area contributed by atoms with E-state index in [1.54, 1.807) is 36.4 Å². The quantitative estimate of drug-likeness (QED) is 0.860. The molecule has 1 heterocycles. The van der Waals surface area contributed by atoms with Crippen LogP contribution in [0.5, 0.6) is 17.2 Å². The number of aromatic hydroxyl groups is 1. The van der Waals surface area contributed by atoms with E-state index in [2.05, 4.69) is 0 Å². The maximum absolute atomic E-state index is 12.3. The Morgan fingerprint density at radius 2 is 1.95 bits per heavy atom. The third-order valence-corrected chi connectivity index (χ3v) is 3.38. The first-order valence-corrected chi connectivity index (χ1v) is 6.57. The van der Waals surface area contributed by atoms with E-state index in [1.165, 1.54) is 13.2 Å². The van der Waals surface area contributed by atoms with E-state index in [-0.39, 0.29) is 28.6 Å². The van der Waals surface area contributed by atoms with Gasteiger partial charge in [-0.2, -0.15) is 0 Å². The lowest BCUT2D eigenvalue weighted by Crippen LogP contribution is -1.98. The molecule has 0 aliphatic carbocycles. The van der Waals surface area contributed by atoms with Gasteiger partial charge < -0.3 is 14.6 Å². The van der Waals surface area contributed by atoms with Crippen molar-refractivity contribution in [2.24, 2.45) is 0 Å². The molecule has 0 aromatic heterocycles. The van der Waals surface area contributed by atoms with Crippen LogP contribution in [0.4, 0.5) is 0 Å². The standard InChI is InChI=1S/C16H11ClO4/c1-20-11-7-12(18)15-13(8-11)21-14(16(15)19)6-9-2-4-10(17)5-3-9/h2-8,18H,1H3/b14-6-. The molecule has 0 spiro atoms. The number of fused-ring (bicyclic) bond motifs is 1. The Kier molecular flexibility index (Phi) is 3.31. The monoisotopic (exact) mass is 302 g/mol. The zero-order valence-electron chi connectivity index (χ0n) is 11.1. The lowest BCUT2D eigenvalue weighted by Gasteiger charge is -2.03. The molecule has 0 saturated heterocycles. The molecule has 1 N–H and O–H groups in total. The average molecular weight is 303 g/mol. The molecular weight excluding hydrogens is 292 g/mol. The van der Waals surface area contributed by atoms with Crippen molar-refractivity contribution in [3.8, 4) is 17.2 Å². The van der Waals surface area contributed by atoms with Crippen molar-refractivity contribution in [1.82, 2.24) is 0 Å². The van der Waals surface area contributed by atoms with E-state index in [9.17, 15) is 9.90 Å². The first-order chi connectivity index (χ1) is 10.1. The van der Waals surface area contributed by atoms with Gasteiger partial charge >= 0.3 is 0 Å². The van der Waals surface area contributed by atoms with Crippen molar-refractivity contribution in [3.05, 3.63) is 58.3 Å². The molecule has 4 nitrogen and oxygen atoms in total. The Morgan fingerprint density at radius 3 is 2.62 bits per heavy atom. The van der Waals surface area contributed by atoms with Crippen molar-refractivity contribution in [3.63, 3.8) is 0 Å². The van der Waals surface area contributed by atoms with Crippen molar-refractivity contribution >= 4 is 23.5 Å². The van der Waals surface area contributed by atoms with Gasteiger partial charge in [0.1, 0.15) is 22.8 Å². The summed E-state index contributed by atoms with van der Waals surface area (Å²) < 4.78 is 10.6. The van der Waals surface area contributed by atoms with Crippen LogP contribution >= 0.6 is 11.6 Å². The van der Waals surface area contributed by atoms with E-state index < -0.39 is 0 Å². The van der Waals surface area contributed by atoms with E-state index in [0.717, 1.165) is 5.56 Å². The molecule has 21 heavy (non-hydrogen) atoms. The third-order valence-electron chi connectivity index (χ3n) is 3.13. The highest BCUT2D eigenvalue weighted by atomic mass is 35.5. The molecule has 1 aliphatic heterocycles. The van der Waals surface area contributed by atoms with E-state index in [4.69, 9.17) is 21.1 Å². The van der Waals surface area contributed by atoms with Crippen LogP contribution in [0.3, 0.4) is 0 Å². The summed E-state index contributed by atoms with van der Waals surface area (Å²) in [4.78, 5) is 12.3. The average Bonchev–Trinajstić information content (AvgIpc) is 2.78. The van der Waals surface area contributed by atoms with E-state index >= 15 is 0 Å². The number of hydrogen-bond acceptors (Lipinski definition) is 4. The second-order valence-electron chi connectivity index (χ2n) is 4.51. The van der Waals surface area contributed by atoms with Gasteiger partial charge in [0, 0.05) is 17.2 Å². The van der Waals surface area contributed by atoms with Gasteiger partial charge in [-0.3, -0.25) is 4.79 Å². The zero-order chi connectivity index (χ0) is 15.0. The predicted octanol–water partition coefficient (Wildman–Crippen LogP) is 3.67. The van der Waals surface area contributed by atoms with Gasteiger partial charge in [-0.1, -0.05) is 23.7 Å². The molecule has 2 aromatic carbocycles. The number of methoxy groups -OCH3 is 1. The molecule has 0 atom stereocenters. The molecular formula is C16H11ClO4. The maximum atomic E-state index is 12.3. The van der Waals surface area contributed by atoms with Crippen LogP contribution in [0.25, 0.3) is 6.08 Å². The number of phenols is 1. The Balaban J connectivity index is 2.00. The summed E-state index contributed by atoms with van der Waals surface area (Å²) in [7, 11) is 1.47. The first kappa shape index (κ1) is 13.5. The molecule has 0 amide bonds. The number of halogens is 1. The summed E-state index contributed by atoms with van der Waals surface area (Å²) in [5.41, 5.74) is 0.929. The topological polar surface area (TPSA) is 55.8 Å². The normalized spacial score (nSPS) is 15.0. The Hall–Kier alpha value is -2.46. The number of ether oxygens (including phenoxy) is 2. The van der Waals surface area contributed by atoms with Gasteiger partial charge in [0.25, 0.3) is 0 Å². The van der Waals surface area contributed by atoms with Crippen LogP contribution in [-0.2, 0) is 0 Å². The number of carbonyl (C=O) groups is 1. The fourth-order valence-corrected chi connectivity index (χ4v) is 2.22. The maximum Gasteiger partial charge on any atom is 0.235 e. The van der Waals surface area contributed by atoms with Gasteiger partial charge in [0.2, 0.25) is 5.78 Å². The van der Waals surface area contributed by atoms with Gasteiger partial charge in [0.05, 0.1) is 7.11 Å². The van der Waals surface area contributed by atoms with Crippen LogP contribution < -0.4 is 9.47 Å². The summed E-state index contributed by atoms with van der Waals surface area (Å²) in [5.74, 6) is 0.341. The van der Waals surface area contributed by atoms with Crippen LogP contribution in [-0.4, -0.2) is 18.0 Å². The summed E-state index contributed by atoms with van der Waals surface area (Å²) >= 11 is 5.82. The highest BCUT2D eigenvalue weighted by molar-refractivity contribution is 6.30. The summed E-state index contributed by atoms with van der Waals surface area (Å²) in [6, 6.07) is 9.94. The molecule has 0 unspecified atom stereocenters. The fourth-order valence-electron chi connectivity index (χ4n) is 2.10. The van der Waals surface area contributed by atoms with Gasteiger partial charge in [-0.25, -0.2) is 0 Å². The third kappa shape index (κ3) is 2.45. The number of allylic oxidation sites excluding steroid dienone is 1. The minimum Gasteiger partial charge on any atom is -0.507 e. The van der Waals surface area contributed by atoms with Crippen molar-refractivity contribution in [1.29, 1.82) is 0 Å². The number of phenolic OH excluding ortho intramolecular Hbond substituents is 1. The summed E-state index contributed by atoms with van der Waals surface area (Å²) in [6.07, 6.45) is 1.60. The second-order valence-corrected chi connectivity index (χ2v) is 4.95. The molecule has 3 rings (SSSR count). The minimum absolute atomic E-state index is 0.149.